The number of aromatic nitrogens is 1. The Bertz CT molecular complexity index is 940. The lowest BCUT2D eigenvalue weighted by molar-refractivity contribution is 0.0930. The molecule has 0 unspecified atom stereocenters. The van der Waals surface area contributed by atoms with Crippen molar-refractivity contribution in [3.8, 4) is 17.1 Å². The van der Waals surface area contributed by atoms with Gasteiger partial charge in [-0.05, 0) is 36.8 Å². The summed E-state index contributed by atoms with van der Waals surface area (Å²) in [6.45, 7) is 1.66. The molecule has 134 valence electrons. The number of carbonyl (C=O) groups excluding carboxylic acids is 1. The van der Waals surface area contributed by atoms with E-state index < -0.39 is 23.6 Å². The first-order valence-electron chi connectivity index (χ1n) is 7.85. The highest BCUT2D eigenvalue weighted by Gasteiger charge is 2.18. The molecule has 7 heteroatoms. The molecule has 0 saturated heterocycles. The van der Waals surface area contributed by atoms with E-state index in [0.717, 1.165) is 12.1 Å². The second-order valence-corrected chi connectivity index (χ2v) is 5.65. The van der Waals surface area contributed by atoms with Crippen LogP contribution in [0.1, 0.15) is 29.0 Å². The van der Waals surface area contributed by atoms with Gasteiger partial charge < -0.3 is 14.6 Å². The van der Waals surface area contributed by atoms with E-state index in [-0.39, 0.29) is 5.69 Å². The van der Waals surface area contributed by atoms with Crippen LogP contribution in [0.25, 0.3) is 11.3 Å². The number of ether oxygens (including phenoxy) is 1. The minimum absolute atomic E-state index is 0.0698. The third-order valence-corrected chi connectivity index (χ3v) is 3.91. The number of rotatable bonds is 5. The van der Waals surface area contributed by atoms with Crippen LogP contribution in [0.5, 0.6) is 5.75 Å². The Labute approximate surface area is 148 Å². The van der Waals surface area contributed by atoms with Crippen molar-refractivity contribution in [2.45, 2.75) is 13.0 Å². The molecule has 0 aliphatic heterocycles. The molecule has 0 fully saturated rings. The van der Waals surface area contributed by atoms with Gasteiger partial charge in [-0.3, -0.25) is 4.79 Å². The van der Waals surface area contributed by atoms with Crippen molar-refractivity contribution in [1.29, 1.82) is 0 Å². The highest BCUT2D eigenvalue weighted by atomic mass is 19.2. The first-order chi connectivity index (χ1) is 12.5. The summed E-state index contributed by atoms with van der Waals surface area (Å²) in [5.41, 5.74) is 1.17. The van der Waals surface area contributed by atoms with E-state index in [0.29, 0.717) is 22.6 Å². The van der Waals surface area contributed by atoms with Gasteiger partial charge in [0.15, 0.2) is 23.1 Å². The van der Waals surface area contributed by atoms with Gasteiger partial charge in [0.1, 0.15) is 5.75 Å². The summed E-state index contributed by atoms with van der Waals surface area (Å²) in [4.78, 5) is 12.3. The first kappa shape index (κ1) is 17.6. The number of carbonyl (C=O) groups is 1. The standard InChI is InChI=1S/C19H16F2N2O3/c1-11(12-7-8-14(20)15(21)9-12)22-19(24)16-10-18(26-23-16)13-5-3-4-6-17(13)25-2/h3-11H,1-2H3,(H,22,24)/t11-/m1/s1. The monoisotopic (exact) mass is 358 g/mol. The second kappa shape index (κ2) is 7.35. The third-order valence-electron chi connectivity index (χ3n) is 3.91. The topological polar surface area (TPSA) is 64.4 Å². The molecule has 1 atom stereocenters. The van der Waals surface area contributed by atoms with Crippen molar-refractivity contribution in [3.05, 3.63) is 71.4 Å². The lowest BCUT2D eigenvalue weighted by atomic mass is 10.1. The summed E-state index contributed by atoms with van der Waals surface area (Å²) in [6.07, 6.45) is 0. The van der Waals surface area contributed by atoms with E-state index in [1.807, 2.05) is 12.1 Å². The number of hydrogen-bond donors (Lipinski definition) is 1. The molecule has 2 aromatic carbocycles. The molecule has 0 spiro atoms. The molecule has 1 aromatic heterocycles. The minimum Gasteiger partial charge on any atom is -0.496 e. The first-order valence-corrected chi connectivity index (χ1v) is 7.85. The van der Waals surface area contributed by atoms with Crippen molar-refractivity contribution in [2.75, 3.05) is 7.11 Å². The molecule has 1 amide bonds. The van der Waals surface area contributed by atoms with Crippen LogP contribution in [0.3, 0.4) is 0 Å². The van der Waals surface area contributed by atoms with Gasteiger partial charge in [0.2, 0.25) is 0 Å². The van der Waals surface area contributed by atoms with Crippen LogP contribution in [0.2, 0.25) is 0 Å². The van der Waals surface area contributed by atoms with Crippen molar-refractivity contribution in [1.82, 2.24) is 10.5 Å². The molecule has 5 nitrogen and oxygen atoms in total. The van der Waals surface area contributed by atoms with Gasteiger partial charge in [-0.25, -0.2) is 8.78 Å². The summed E-state index contributed by atoms with van der Waals surface area (Å²) in [5, 5.41) is 6.44. The highest BCUT2D eigenvalue weighted by Crippen LogP contribution is 2.30. The molecule has 0 saturated carbocycles. The van der Waals surface area contributed by atoms with Crippen LogP contribution in [-0.2, 0) is 0 Å². The largest absolute Gasteiger partial charge is 0.496 e. The number of amides is 1. The molecule has 3 aromatic rings. The Morgan fingerprint density at radius 2 is 1.92 bits per heavy atom. The number of benzene rings is 2. The van der Waals surface area contributed by atoms with Crippen LogP contribution in [0.4, 0.5) is 8.78 Å². The highest BCUT2D eigenvalue weighted by molar-refractivity contribution is 5.93. The molecule has 0 radical (unpaired) electrons. The smallest absolute Gasteiger partial charge is 0.273 e. The van der Waals surface area contributed by atoms with Crippen LogP contribution in [-0.4, -0.2) is 18.2 Å². The van der Waals surface area contributed by atoms with Crippen molar-refractivity contribution < 1.29 is 22.8 Å². The SMILES string of the molecule is COc1ccccc1-c1cc(C(=O)N[C@H](C)c2ccc(F)c(F)c2)no1. The molecule has 0 aliphatic rings. The van der Waals surface area contributed by atoms with E-state index >= 15 is 0 Å². The van der Waals surface area contributed by atoms with Crippen LogP contribution < -0.4 is 10.1 Å². The average Bonchev–Trinajstić information content (AvgIpc) is 3.14. The van der Waals surface area contributed by atoms with Crippen molar-refractivity contribution in [2.24, 2.45) is 0 Å². The van der Waals surface area contributed by atoms with E-state index in [9.17, 15) is 13.6 Å². The predicted molar refractivity (Wildman–Crippen MR) is 90.7 cm³/mol. The molecule has 3 rings (SSSR count). The quantitative estimate of drug-likeness (QED) is 0.745. The summed E-state index contributed by atoms with van der Waals surface area (Å²) in [7, 11) is 1.53. The maximum absolute atomic E-state index is 13.3. The number of nitrogens with one attached hydrogen (secondary N) is 1. The van der Waals surface area contributed by atoms with Crippen molar-refractivity contribution in [3.63, 3.8) is 0 Å². The Morgan fingerprint density at radius 3 is 2.65 bits per heavy atom. The zero-order valence-corrected chi connectivity index (χ0v) is 14.1. The molecule has 0 bridgehead atoms. The number of nitrogens with zero attached hydrogens (tertiary/aromatic N) is 1. The Hall–Kier alpha value is -3.22. The Morgan fingerprint density at radius 1 is 1.15 bits per heavy atom. The minimum atomic E-state index is -0.969. The lowest BCUT2D eigenvalue weighted by Crippen LogP contribution is -2.27. The summed E-state index contributed by atoms with van der Waals surface area (Å²) >= 11 is 0. The van der Waals surface area contributed by atoms with E-state index in [1.54, 1.807) is 19.1 Å². The normalized spacial score (nSPS) is 11.8. The van der Waals surface area contributed by atoms with Gasteiger partial charge in [0, 0.05) is 6.07 Å². The zero-order valence-electron chi connectivity index (χ0n) is 14.1. The fraction of sp³-hybridized carbons (Fsp3) is 0.158. The van der Waals surface area contributed by atoms with Gasteiger partial charge in [-0.1, -0.05) is 23.4 Å². The molecule has 26 heavy (non-hydrogen) atoms. The van der Waals surface area contributed by atoms with E-state index in [4.69, 9.17) is 9.26 Å². The van der Waals surface area contributed by atoms with Crippen LogP contribution >= 0.6 is 0 Å². The fourth-order valence-corrected chi connectivity index (χ4v) is 2.49. The second-order valence-electron chi connectivity index (χ2n) is 5.65. The number of methoxy groups -OCH3 is 1. The molecular formula is C19H16F2N2O3. The van der Waals surface area contributed by atoms with Gasteiger partial charge in [-0.2, -0.15) is 0 Å². The average molecular weight is 358 g/mol. The summed E-state index contributed by atoms with van der Waals surface area (Å²) < 4.78 is 36.9. The molecular weight excluding hydrogens is 342 g/mol. The fourth-order valence-electron chi connectivity index (χ4n) is 2.49. The number of halogens is 2. The third kappa shape index (κ3) is 3.56. The van der Waals surface area contributed by atoms with Crippen LogP contribution in [0.15, 0.2) is 53.1 Å². The van der Waals surface area contributed by atoms with Gasteiger partial charge in [0.25, 0.3) is 5.91 Å². The maximum Gasteiger partial charge on any atom is 0.273 e. The molecule has 1 N–H and O–H groups in total. The lowest BCUT2D eigenvalue weighted by Gasteiger charge is -2.13. The summed E-state index contributed by atoms with van der Waals surface area (Å²) in [5.74, 6) is -1.43. The van der Waals surface area contributed by atoms with Gasteiger partial charge in [0.05, 0.1) is 18.7 Å². The Balaban J connectivity index is 1.76. The predicted octanol–water partition coefficient (Wildman–Crippen LogP) is 4.12. The van der Waals surface area contributed by atoms with E-state index in [2.05, 4.69) is 10.5 Å². The van der Waals surface area contributed by atoms with Crippen molar-refractivity contribution >= 4 is 5.91 Å². The zero-order chi connectivity index (χ0) is 18.7. The molecule has 0 aliphatic carbocycles. The maximum atomic E-state index is 13.3. The Kier molecular flexibility index (Phi) is 4.97. The van der Waals surface area contributed by atoms with E-state index in [1.165, 1.54) is 19.2 Å². The number of hydrogen-bond acceptors (Lipinski definition) is 4. The van der Waals surface area contributed by atoms with Gasteiger partial charge >= 0.3 is 0 Å². The number of para-hydroxylation sites is 1. The van der Waals surface area contributed by atoms with Crippen LogP contribution in [0, 0.1) is 11.6 Å². The van der Waals surface area contributed by atoms with Gasteiger partial charge in [-0.15, -0.1) is 0 Å². The molecule has 1 heterocycles. The summed E-state index contributed by atoms with van der Waals surface area (Å²) in [6, 6.07) is 11.6.